The van der Waals surface area contributed by atoms with Crippen molar-refractivity contribution in [3.63, 3.8) is 0 Å². The number of anilines is 2. The van der Waals surface area contributed by atoms with Crippen molar-refractivity contribution in [2.45, 2.75) is 26.2 Å². The molecule has 0 spiro atoms. The van der Waals surface area contributed by atoms with Crippen LogP contribution in [0.3, 0.4) is 0 Å². The molecule has 2 N–H and O–H groups in total. The number of aryl methyl sites for hydroxylation is 2. The van der Waals surface area contributed by atoms with Crippen LogP contribution in [0.5, 0.6) is 0 Å². The van der Waals surface area contributed by atoms with Crippen LogP contribution in [0.1, 0.15) is 34.8 Å². The molecule has 2 aromatic carbocycles. The second kappa shape index (κ2) is 9.48. The van der Waals surface area contributed by atoms with Crippen molar-refractivity contribution in [3.8, 4) is 0 Å². The van der Waals surface area contributed by atoms with E-state index in [0.717, 1.165) is 31.5 Å². The highest BCUT2D eigenvalue weighted by Crippen LogP contribution is 2.12. The summed E-state index contributed by atoms with van der Waals surface area (Å²) in [5.41, 5.74) is 3.75. The fourth-order valence-electron chi connectivity index (χ4n) is 2.70. The number of hydrogen-bond donors (Lipinski definition) is 2. The van der Waals surface area contributed by atoms with Gasteiger partial charge in [-0.2, -0.15) is 0 Å². The van der Waals surface area contributed by atoms with Crippen molar-refractivity contribution in [1.82, 2.24) is 9.97 Å². The van der Waals surface area contributed by atoms with E-state index in [1.165, 1.54) is 11.1 Å². The molecule has 27 heavy (non-hydrogen) atoms. The summed E-state index contributed by atoms with van der Waals surface area (Å²) < 4.78 is 0. The first-order chi connectivity index (χ1) is 13.2. The first kappa shape index (κ1) is 18.6. The third-order valence-electron chi connectivity index (χ3n) is 4.30. The molecule has 138 valence electrons. The molecular weight excluding hydrogens is 336 g/mol. The van der Waals surface area contributed by atoms with Crippen LogP contribution in [0.25, 0.3) is 0 Å². The molecule has 0 aliphatic rings. The monoisotopic (exact) mass is 360 g/mol. The van der Waals surface area contributed by atoms with Crippen LogP contribution < -0.4 is 10.6 Å². The maximum Gasteiger partial charge on any atom is 0.258 e. The Morgan fingerprint density at radius 2 is 1.63 bits per heavy atom. The highest BCUT2D eigenvalue weighted by molar-refractivity contribution is 6.03. The van der Waals surface area contributed by atoms with Crippen molar-refractivity contribution in [3.05, 3.63) is 83.7 Å². The Hall–Kier alpha value is -3.21. The van der Waals surface area contributed by atoms with Crippen LogP contribution in [0.15, 0.2) is 67.0 Å². The zero-order valence-corrected chi connectivity index (χ0v) is 15.5. The fraction of sp³-hybridized carbons (Fsp3) is 0.227. The number of carbonyl (C=O) groups is 1. The zero-order valence-electron chi connectivity index (χ0n) is 15.5. The van der Waals surface area contributed by atoms with Crippen LogP contribution >= 0.6 is 0 Å². The van der Waals surface area contributed by atoms with Crippen LogP contribution in [-0.4, -0.2) is 22.4 Å². The van der Waals surface area contributed by atoms with E-state index in [4.69, 9.17) is 0 Å². The number of rotatable bonds is 8. The number of carbonyl (C=O) groups excluding carboxylic acids is 1. The molecule has 1 heterocycles. The standard InChI is InChI=1S/C22H24N4O/c1-2-17-10-12-20(13-11-17)26-21(27)19-15-24-22(25-16-19)23-14-6-9-18-7-4-3-5-8-18/h3-5,7-8,10-13,15-16H,2,6,9,14H2,1H3,(H,26,27)(H,23,24,25). The molecule has 1 amide bonds. The van der Waals surface area contributed by atoms with Crippen molar-refractivity contribution in [2.24, 2.45) is 0 Å². The third-order valence-corrected chi connectivity index (χ3v) is 4.30. The predicted molar refractivity (Wildman–Crippen MR) is 109 cm³/mol. The summed E-state index contributed by atoms with van der Waals surface area (Å²) in [4.78, 5) is 20.7. The van der Waals surface area contributed by atoms with Crippen LogP contribution in [0, 0.1) is 0 Å². The number of aromatic nitrogens is 2. The molecule has 3 rings (SSSR count). The molecule has 0 aliphatic carbocycles. The summed E-state index contributed by atoms with van der Waals surface area (Å²) in [6.45, 7) is 2.88. The third kappa shape index (κ3) is 5.64. The van der Waals surface area contributed by atoms with E-state index >= 15 is 0 Å². The van der Waals surface area contributed by atoms with E-state index in [9.17, 15) is 4.79 Å². The average molecular weight is 360 g/mol. The molecule has 1 aromatic heterocycles. The summed E-state index contributed by atoms with van der Waals surface area (Å²) >= 11 is 0. The van der Waals surface area contributed by atoms with E-state index < -0.39 is 0 Å². The van der Waals surface area contributed by atoms with Gasteiger partial charge in [-0.15, -0.1) is 0 Å². The van der Waals surface area contributed by atoms with Gasteiger partial charge >= 0.3 is 0 Å². The Labute approximate surface area is 159 Å². The Morgan fingerprint density at radius 1 is 0.926 bits per heavy atom. The minimum absolute atomic E-state index is 0.213. The fourth-order valence-corrected chi connectivity index (χ4v) is 2.70. The summed E-state index contributed by atoms with van der Waals surface area (Å²) in [5, 5.41) is 6.05. The number of nitrogens with zero attached hydrogens (tertiary/aromatic N) is 2. The molecule has 0 aliphatic heterocycles. The Balaban J connectivity index is 1.46. The highest BCUT2D eigenvalue weighted by Gasteiger charge is 2.07. The zero-order chi connectivity index (χ0) is 18.9. The van der Waals surface area contributed by atoms with Crippen LogP contribution in [-0.2, 0) is 12.8 Å². The second-order valence-corrected chi connectivity index (χ2v) is 6.32. The maximum absolute atomic E-state index is 12.3. The normalized spacial score (nSPS) is 10.4. The van der Waals surface area contributed by atoms with Gasteiger partial charge in [-0.1, -0.05) is 49.4 Å². The van der Waals surface area contributed by atoms with Crippen molar-refractivity contribution in [2.75, 3.05) is 17.2 Å². The summed E-state index contributed by atoms with van der Waals surface area (Å²) in [5.74, 6) is 0.321. The number of nitrogens with one attached hydrogen (secondary N) is 2. The molecule has 3 aromatic rings. The van der Waals surface area contributed by atoms with Gasteiger partial charge in [0.1, 0.15) is 0 Å². The van der Waals surface area contributed by atoms with Crippen LogP contribution in [0.4, 0.5) is 11.6 Å². The highest BCUT2D eigenvalue weighted by atomic mass is 16.1. The molecule has 5 nitrogen and oxygen atoms in total. The maximum atomic E-state index is 12.3. The predicted octanol–water partition coefficient (Wildman–Crippen LogP) is 4.34. The Bertz CT molecular complexity index is 846. The van der Waals surface area contributed by atoms with E-state index in [1.807, 2.05) is 42.5 Å². The first-order valence-electron chi connectivity index (χ1n) is 9.24. The molecule has 0 bridgehead atoms. The van der Waals surface area contributed by atoms with Gasteiger partial charge in [-0.05, 0) is 42.5 Å². The topological polar surface area (TPSA) is 66.9 Å². The van der Waals surface area contributed by atoms with Gasteiger partial charge in [0.15, 0.2) is 0 Å². The van der Waals surface area contributed by atoms with Gasteiger partial charge in [-0.3, -0.25) is 4.79 Å². The molecule has 0 unspecified atom stereocenters. The number of amides is 1. The summed E-state index contributed by atoms with van der Waals surface area (Å²) in [6.07, 6.45) is 6.06. The summed E-state index contributed by atoms with van der Waals surface area (Å²) in [7, 11) is 0. The van der Waals surface area contributed by atoms with E-state index in [0.29, 0.717) is 11.5 Å². The first-order valence-corrected chi connectivity index (χ1v) is 9.24. The lowest BCUT2D eigenvalue weighted by Gasteiger charge is -2.07. The lowest BCUT2D eigenvalue weighted by molar-refractivity contribution is 0.102. The van der Waals surface area contributed by atoms with Gasteiger partial charge < -0.3 is 10.6 Å². The SMILES string of the molecule is CCc1ccc(NC(=O)c2cnc(NCCCc3ccccc3)nc2)cc1. The molecule has 0 fully saturated rings. The van der Waals surface area contributed by atoms with Gasteiger partial charge in [-0.25, -0.2) is 9.97 Å². The van der Waals surface area contributed by atoms with Crippen molar-refractivity contribution in [1.29, 1.82) is 0 Å². The molecule has 0 atom stereocenters. The Morgan fingerprint density at radius 3 is 2.30 bits per heavy atom. The van der Waals surface area contributed by atoms with Gasteiger partial charge in [0.2, 0.25) is 5.95 Å². The average Bonchev–Trinajstić information content (AvgIpc) is 2.73. The Kier molecular flexibility index (Phi) is 6.52. The van der Waals surface area contributed by atoms with Crippen LogP contribution in [0.2, 0.25) is 0 Å². The minimum Gasteiger partial charge on any atom is -0.354 e. The van der Waals surface area contributed by atoms with Crippen molar-refractivity contribution < 1.29 is 4.79 Å². The molecule has 0 saturated carbocycles. The molecule has 5 heteroatoms. The molecule has 0 radical (unpaired) electrons. The quantitative estimate of drug-likeness (QED) is 0.587. The van der Waals surface area contributed by atoms with E-state index in [-0.39, 0.29) is 5.91 Å². The lowest BCUT2D eigenvalue weighted by atomic mass is 10.1. The van der Waals surface area contributed by atoms with Gasteiger partial charge in [0, 0.05) is 24.6 Å². The number of benzene rings is 2. The van der Waals surface area contributed by atoms with Crippen molar-refractivity contribution >= 4 is 17.5 Å². The van der Waals surface area contributed by atoms with Gasteiger partial charge in [0.05, 0.1) is 5.56 Å². The molecular formula is C22H24N4O. The minimum atomic E-state index is -0.213. The second-order valence-electron chi connectivity index (χ2n) is 6.32. The lowest BCUT2D eigenvalue weighted by Crippen LogP contribution is -2.13. The van der Waals surface area contributed by atoms with E-state index in [1.54, 1.807) is 12.4 Å². The van der Waals surface area contributed by atoms with Gasteiger partial charge in [0.25, 0.3) is 5.91 Å². The number of hydrogen-bond acceptors (Lipinski definition) is 4. The smallest absolute Gasteiger partial charge is 0.258 e. The molecule has 0 saturated heterocycles. The summed E-state index contributed by atoms with van der Waals surface area (Å²) in [6, 6.07) is 18.2. The van der Waals surface area contributed by atoms with E-state index in [2.05, 4.69) is 39.7 Å². The largest absolute Gasteiger partial charge is 0.354 e.